The maximum atomic E-state index is 13.2. The predicted octanol–water partition coefficient (Wildman–Crippen LogP) is -0.233. The summed E-state index contributed by atoms with van der Waals surface area (Å²) in [6.45, 7) is -0.819. The second-order valence-electron chi connectivity index (χ2n) is 4.93. The summed E-state index contributed by atoms with van der Waals surface area (Å²) < 4.78 is 23.0. The number of hydroxylamine groups is 1. The summed E-state index contributed by atoms with van der Waals surface area (Å²) in [5.41, 5.74) is 1.91. The molecule has 13 heteroatoms. The standard InChI is InChI=1S/C14H15ClFN5O6/c15-8-5-7(1-2-9(8)16)18-12(19-25)11-14(21-27-20-11)26-4-3-17-13(24)10(23)6-22/h1-2,5,10,22-23,25H,3-4,6H2,(H,17,24)(H,18,19). The van der Waals surface area contributed by atoms with Crippen LogP contribution in [-0.4, -0.2) is 63.3 Å². The third-order valence-electron chi connectivity index (χ3n) is 3.05. The summed E-state index contributed by atoms with van der Waals surface area (Å²) in [6, 6.07) is 3.64. The van der Waals surface area contributed by atoms with Crippen molar-refractivity contribution in [3.05, 3.63) is 34.7 Å². The van der Waals surface area contributed by atoms with Crippen LogP contribution in [0.5, 0.6) is 5.88 Å². The zero-order chi connectivity index (χ0) is 19.8. The highest BCUT2D eigenvalue weighted by atomic mass is 35.5. The summed E-state index contributed by atoms with van der Waals surface area (Å²) in [6.07, 6.45) is -1.53. The first-order valence-electron chi connectivity index (χ1n) is 7.42. The Morgan fingerprint density at radius 2 is 2.22 bits per heavy atom. The smallest absolute Gasteiger partial charge is 0.287 e. The molecular weight excluding hydrogens is 389 g/mol. The largest absolute Gasteiger partial charge is 0.472 e. The van der Waals surface area contributed by atoms with Gasteiger partial charge in [0, 0.05) is 0 Å². The number of nitrogens with one attached hydrogen (secondary N) is 2. The molecule has 0 radical (unpaired) electrons. The van der Waals surface area contributed by atoms with Gasteiger partial charge in [0.25, 0.3) is 11.8 Å². The second-order valence-corrected chi connectivity index (χ2v) is 5.33. The van der Waals surface area contributed by atoms with E-state index >= 15 is 0 Å². The van der Waals surface area contributed by atoms with Crippen LogP contribution in [0.15, 0.2) is 27.8 Å². The van der Waals surface area contributed by atoms with Gasteiger partial charge < -0.3 is 20.3 Å². The Morgan fingerprint density at radius 1 is 1.44 bits per heavy atom. The third-order valence-corrected chi connectivity index (χ3v) is 3.34. The maximum absolute atomic E-state index is 13.2. The van der Waals surface area contributed by atoms with Gasteiger partial charge in [-0.1, -0.05) is 11.6 Å². The number of halogens is 2. The Morgan fingerprint density at radius 3 is 2.89 bits per heavy atom. The summed E-state index contributed by atoms with van der Waals surface area (Å²) in [4.78, 5) is 15.3. The molecule has 146 valence electrons. The number of carbonyl (C=O) groups excluding carboxylic acids is 1. The van der Waals surface area contributed by atoms with Crippen molar-refractivity contribution in [3.8, 4) is 5.88 Å². The number of benzene rings is 1. The van der Waals surface area contributed by atoms with Gasteiger partial charge in [-0.3, -0.25) is 15.5 Å². The molecule has 1 aromatic heterocycles. The van der Waals surface area contributed by atoms with Gasteiger partial charge in [-0.05, 0) is 28.5 Å². The molecule has 0 fully saturated rings. The van der Waals surface area contributed by atoms with Crippen molar-refractivity contribution in [1.82, 2.24) is 21.1 Å². The fourth-order valence-corrected chi connectivity index (χ4v) is 1.93. The van der Waals surface area contributed by atoms with Crippen molar-refractivity contribution in [3.63, 3.8) is 0 Å². The molecule has 27 heavy (non-hydrogen) atoms. The van der Waals surface area contributed by atoms with Crippen molar-refractivity contribution in [2.45, 2.75) is 6.10 Å². The van der Waals surface area contributed by atoms with Crippen LogP contribution in [-0.2, 0) is 4.79 Å². The van der Waals surface area contributed by atoms with Gasteiger partial charge in [0.05, 0.1) is 23.9 Å². The van der Waals surface area contributed by atoms with E-state index in [0.717, 1.165) is 6.07 Å². The lowest BCUT2D eigenvalue weighted by atomic mass is 10.3. The molecule has 0 bridgehead atoms. The molecule has 0 saturated heterocycles. The van der Waals surface area contributed by atoms with Gasteiger partial charge >= 0.3 is 0 Å². The average molecular weight is 404 g/mol. The molecule has 11 nitrogen and oxygen atoms in total. The summed E-state index contributed by atoms with van der Waals surface area (Å²) in [5.74, 6) is -1.77. The van der Waals surface area contributed by atoms with Crippen LogP contribution in [0.4, 0.5) is 10.1 Å². The zero-order valence-corrected chi connectivity index (χ0v) is 14.4. The Labute approximate surface area is 156 Å². The minimum absolute atomic E-state index is 0.0191. The van der Waals surface area contributed by atoms with E-state index in [1.165, 1.54) is 12.1 Å². The van der Waals surface area contributed by atoms with Crippen molar-refractivity contribution in [1.29, 1.82) is 0 Å². The van der Waals surface area contributed by atoms with E-state index in [1.54, 1.807) is 5.48 Å². The number of nitrogens with zero attached hydrogens (tertiary/aromatic N) is 3. The molecule has 1 unspecified atom stereocenters. The number of aliphatic hydroxyl groups excluding tert-OH is 2. The fourth-order valence-electron chi connectivity index (χ4n) is 1.76. The predicted molar refractivity (Wildman–Crippen MR) is 88.4 cm³/mol. The van der Waals surface area contributed by atoms with E-state index in [-0.39, 0.29) is 41.3 Å². The zero-order valence-electron chi connectivity index (χ0n) is 13.6. The summed E-state index contributed by atoms with van der Waals surface area (Å²) in [7, 11) is 0. The minimum atomic E-state index is -1.53. The van der Waals surface area contributed by atoms with Crippen LogP contribution in [0.3, 0.4) is 0 Å². The molecule has 5 N–H and O–H groups in total. The highest BCUT2D eigenvalue weighted by Gasteiger charge is 2.19. The topological polar surface area (TPSA) is 162 Å². The van der Waals surface area contributed by atoms with E-state index in [9.17, 15) is 14.4 Å². The highest BCUT2D eigenvalue weighted by Crippen LogP contribution is 2.23. The Hall–Kier alpha value is -2.80. The monoisotopic (exact) mass is 403 g/mol. The first-order valence-corrected chi connectivity index (χ1v) is 7.80. The van der Waals surface area contributed by atoms with E-state index in [4.69, 9.17) is 26.6 Å². The molecule has 0 aliphatic carbocycles. The first kappa shape index (κ1) is 20.5. The van der Waals surface area contributed by atoms with Crippen molar-refractivity contribution in [2.75, 3.05) is 19.8 Å². The lowest BCUT2D eigenvalue weighted by molar-refractivity contribution is -0.131. The van der Waals surface area contributed by atoms with E-state index in [0.29, 0.717) is 0 Å². The summed E-state index contributed by atoms with van der Waals surface area (Å²) in [5, 5.41) is 36.2. The van der Waals surface area contributed by atoms with Crippen LogP contribution in [0, 0.1) is 5.82 Å². The molecule has 1 amide bonds. The van der Waals surface area contributed by atoms with Crippen LogP contribution in [0.1, 0.15) is 5.69 Å². The lowest BCUT2D eigenvalue weighted by Gasteiger charge is -2.09. The maximum Gasteiger partial charge on any atom is 0.287 e. The molecule has 0 spiro atoms. The van der Waals surface area contributed by atoms with Crippen LogP contribution < -0.4 is 15.5 Å². The van der Waals surface area contributed by atoms with Crippen molar-refractivity contribution >= 4 is 29.0 Å². The Kier molecular flexibility index (Phi) is 7.43. The van der Waals surface area contributed by atoms with Gasteiger partial charge in [-0.15, -0.1) is 0 Å². The quantitative estimate of drug-likeness (QED) is 0.173. The number of amidine groups is 1. The van der Waals surface area contributed by atoms with Gasteiger partial charge in [0.2, 0.25) is 5.69 Å². The molecule has 1 aromatic carbocycles. The molecule has 1 atom stereocenters. The number of amides is 1. The number of rotatable bonds is 8. The van der Waals surface area contributed by atoms with Gasteiger partial charge in [0.15, 0.2) is 11.9 Å². The third kappa shape index (κ3) is 5.59. The minimum Gasteiger partial charge on any atom is -0.472 e. The van der Waals surface area contributed by atoms with Crippen molar-refractivity contribution < 1.29 is 34.0 Å². The van der Waals surface area contributed by atoms with Crippen LogP contribution >= 0.6 is 11.6 Å². The SMILES string of the molecule is O=C(NCCOc1nonc1C(=Nc1ccc(F)c(Cl)c1)NO)C(O)CO. The number of hydrogen-bond donors (Lipinski definition) is 5. The number of aliphatic imine (C=N–C) groups is 1. The first-order chi connectivity index (χ1) is 13.0. The van der Waals surface area contributed by atoms with Crippen LogP contribution in [0.2, 0.25) is 5.02 Å². The molecule has 2 rings (SSSR count). The normalized spacial score (nSPS) is 12.6. The molecule has 0 aliphatic rings. The summed E-state index contributed by atoms with van der Waals surface area (Å²) >= 11 is 5.67. The molecule has 2 aromatic rings. The number of carbonyl (C=O) groups is 1. The lowest BCUT2D eigenvalue weighted by Crippen LogP contribution is -2.38. The van der Waals surface area contributed by atoms with E-state index < -0.39 is 24.4 Å². The number of ether oxygens (including phenoxy) is 1. The van der Waals surface area contributed by atoms with Gasteiger partial charge in [-0.2, -0.15) is 0 Å². The van der Waals surface area contributed by atoms with Crippen molar-refractivity contribution in [2.24, 2.45) is 4.99 Å². The molecule has 0 aliphatic heterocycles. The van der Waals surface area contributed by atoms with Gasteiger partial charge in [-0.25, -0.2) is 14.0 Å². The second kappa shape index (κ2) is 9.78. The van der Waals surface area contributed by atoms with E-state index in [2.05, 4.69) is 25.3 Å². The fraction of sp³-hybridized carbons (Fsp3) is 0.286. The molecular formula is C14H15ClFN5O6. The molecule has 1 heterocycles. The number of hydrogen-bond acceptors (Lipinski definition) is 9. The highest BCUT2D eigenvalue weighted by molar-refractivity contribution is 6.31. The van der Waals surface area contributed by atoms with Crippen LogP contribution in [0.25, 0.3) is 0 Å². The Balaban J connectivity index is 2.04. The van der Waals surface area contributed by atoms with Gasteiger partial charge in [0.1, 0.15) is 12.4 Å². The number of aromatic nitrogens is 2. The molecule has 0 saturated carbocycles. The average Bonchev–Trinajstić information content (AvgIpc) is 3.13. The Bertz CT molecular complexity index is 817. The number of aliphatic hydroxyl groups is 2. The van der Waals surface area contributed by atoms with E-state index in [1.807, 2.05) is 0 Å².